The van der Waals surface area contributed by atoms with Crippen LogP contribution < -0.4 is 5.32 Å². The number of carbonyl (C=O) groups is 1. The van der Waals surface area contributed by atoms with Crippen LogP contribution in [0.5, 0.6) is 0 Å². The standard InChI is InChI=1S/C13H13BrFNO/c14-11-5-6-12(15)10(7-11)8-16-13(17)9-3-1-2-4-9/h1-2,5-7,9H,3-4,8H2,(H,16,17). The van der Waals surface area contributed by atoms with Crippen molar-refractivity contribution in [2.45, 2.75) is 19.4 Å². The summed E-state index contributed by atoms with van der Waals surface area (Å²) in [5.41, 5.74) is 0.499. The maximum atomic E-state index is 13.4. The van der Waals surface area contributed by atoms with Crippen molar-refractivity contribution < 1.29 is 9.18 Å². The van der Waals surface area contributed by atoms with E-state index in [0.717, 1.165) is 17.3 Å². The van der Waals surface area contributed by atoms with Gasteiger partial charge in [-0.3, -0.25) is 4.79 Å². The zero-order valence-electron chi connectivity index (χ0n) is 9.25. The van der Waals surface area contributed by atoms with E-state index in [-0.39, 0.29) is 24.2 Å². The van der Waals surface area contributed by atoms with Crippen LogP contribution in [-0.4, -0.2) is 5.91 Å². The first-order valence-corrected chi connectivity index (χ1v) is 6.33. The molecule has 0 unspecified atom stereocenters. The third-order valence-corrected chi connectivity index (χ3v) is 3.33. The first-order chi connectivity index (χ1) is 8.16. The molecule has 2 nitrogen and oxygen atoms in total. The molecular formula is C13H13BrFNO. The first kappa shape index (κ1) is 12.3. The van der Waals surface area contributed by atoms with Crippen LogP contribution in [-0.2, 0) is 11.3 Å². The summed E-state index contributed by atoms with van der Waals surface area (Å²) in [6.07, 6.45) is 5.58. The molecule has 1 aromatic rings. The van der Waals surface area contributed by atoms with Gasteiger partial charge in [0.2, 0.25) is 5.91 Å². The normalized spacial score (nSPS) is 15.2. The van der Waals surface area contributed by atoms with Crippen molar-refractivity contribution in [1.82, 2.24) is 5.32 Å². The second-order valence-electron chi connectivity index (χ2n) is 4.09. The van der Waals surface area contributed by atoms with Crippen molar-refractivity contribution >= 4 is 21.8 Å². The summed E-state index contributed by atoms with van der Waals surface area (Å²) in [5.74, 6) is -0.280. The molecule has 0 radical (unpaired) electrons. The highest BCUT2D eigenvalue weighted by Gasteiger charge is 2.18. The van der Waals surface area contributed by atoms with Gasteiger partial charge in [0.15, 0.2) is 0 Å². The Kier molecular flexibility index (Phi) is 3.94. The van der Waals surface area contributed by atoms with E-state index in [1.165, 1.54) is 6.07 Å². The number of allylic oxidation sites excluding steroid dienone is 2. The first-order valence-electron chi connectivity index (χ1n) is 5.53. The summed E-state index contributed by atoms with van der Waals surface area (Å²) in [6.45, 7) is 0.237. The number of carbonyl (C=O) groups excluding carboxylic acids is 1. The second kappa shape index (κ2) is 5.45. The molecule has 1 aliphatic rings. The van der Waals surface area contributed by atoms with Crippen molar-refractivity contribution in [3.8, 4) is 0 Å². The lowest BCUT2D eigenvalue weighted by Crippen LogP contribution is -2.29. The molecule has 1 aromatic carbocycles. The van der Waals surface area contributed by atoms with Gasteiger partial charge in [-0.25, -0.2) is 4.39 Å². The number of amides is 1. The lowest BCUT2D eigenvalue weighted by molar-refractivity contribution is -0.124. The van der Waals surface area contributed by atoms with Gasteiger partial charge in [-0.05, 0) is 31.0 Å². The Hall–Kier alpha value is -1.16. The Bertz CT molecular complexity index is 451. The summed E-state index contributed by atoms with van der Waals surface area (Å²) < 4.78 is 14.2. The molecule has 0 aliphatic heterocycles. The average molecular weight is 298 g/mol. The molecule has 0 heterocycles. The molecule has 0 saturated carbocycles. The molecule has 1 amide bonds. The van der Waals surface area contributed by atoms with Crippen LogP contribution in [0.2, 0.25) is 0 Å². The molecule has 17 heavy (non-hydrogen) atoms. The van der Waals surface area contributed by atoms with Gasteiger partial charge >= 0.3 is 0 Å². The quantitative estimate of drug-likeness (QED) is 0.853. The number of benzene rings is 1. The molecular weight excluding hydrogens is 285 g/mol. The fourth-order valence-corrected chi connectivity index (χ4v) is 2.25. The van der Waals surface area contributed by atoms with Gasteiger partial charge in [-0.2, -0.15) is 0 Å². The summed E-state index contributed by atoms with van der Waals surface area (Å²) in [5, 5.41) is 2.77. The minimum absolute atomic E-state index is 0.00521. The van der Waals surface area contributed by atoms with E-state index >= 15 is 0 Å². The fourth-order valence-electron chi connectivity index (χ4n) is 1.84. The molecule has 0 saturated heterocycles. The van der Waals surface area contributed by atoms with Crippen molar-refractivity contribution in [3.05, 3.63) is 46.2 Å². The topological polar surface area (TPSA) is 29.1 Å². The van der Waals surface area contributed by atoms with Gasteiger partial charge in [-0.1, -0.05) is 28.1 Å². The predicted molar refractivity (Wildman–Crippen MR) is 67.8 cm³/mol. The zero-order chi connectivity index (χ0) is 12.3. The van der Waals surface area contributed by atoms with Crippen LogP contribution in [0.25, 0.3) is 0 Å². The highest BCUT2D eigenvalue weighted by Crippen LogP contribution is 2.19. The van der Waals surface area contributed by atoms with Gasteiger partial charge in [0.25, 0.3) is 0 Å². The average Bonchev–Trinajstić information content (AvgIpc) is 2.83. The van der Waals surface area contributed by atoms with Crippen LogP contribution in [0, 0.1) is 11.7 Å². The van der Waals surface area contributed by atoms with Crippen molar-refractivity contribution in [2.24, 2.45) is 5.92 Å². The van der Waals surface area contributed by atoms with Gasteiger partial charge < -0.3 is 5.32 Å². The van der Waals surface area contributed by atoms with Crippen LogP contribution in [0.4, 0.5) is 4.39 Å². The molecule has 0 spiro atoms. The SMILES string of the molecule is O=C(NCc1cc(Br)ccc1F)C1CC=CC1. The minimum Gasteiger partial charge on any atom is -0.352 e. The van der Waals surface area contributed by atoms with E-state index in [4.69, 9.17) is 0 Å². The van der Waals surface area contributed by atoms with Crippen LogP contribution in [0.3, 0.4) is 0 Å². The fraction of sp³-hybridized carbons (Fsp3) is 0.308. The number of nitrogens with one attached hydrogen (secondary N) is 1. The summed E-state index contributed by atoms with van der Waals surface area (Å²) in [4.78, 5) is 11.7. The summed E-state index contributed by atoms with van der Waals surface area (Å²) in [6, 6.07) is 4.72. The highest BCUT2D eigenvalue weighted by atomic mass is 79.9. The third kappa shape index (κ3) is 3.16. The second-order valence-corrected chi connectivity index (χ2v) is 5.01. The molecule has 90 valence electrons. The summed E-state index contributed by atoms with van der Waals surface area (Å²) in [7, 11) is 0. The molecule has 0 atom stereocenters. The Morgan fingerprint density at radius 3 is 2.82 bits per heavy atom. The molecule has 1 N–H and O–H groups in total. The molecule has 1 aliphatic carbocycles. The molecule has 2 rings (SSSR count). The van der Waals surface area contributed by atoms with Crippen LogP contribution >= 0.6 is 15.9 Å². The Labute approximate surface area is 108 Å². The summed E-state index contributed by atoms with van der Waals surface area (Å²) >= 11 is 3.28. The van der Waals surface area contributed by atoms with Gasteiger partial charge in [0.1, 0.15) is 5.82 Å². The van der Waals surface area contributed by atoms with Crippen molar-refractivity contribution in [3.63, 3.8) is 0 Å². The van der Waals surface area contributed by atoms with E-state index in [1.54, 1.807) is 12.1 Å². The molecule has 4 heteroatoms. The largest absolute Gasteiger partial charge is 0.352 e. The zero-order valence-corrected chi connectivity index (χ0v) is 10.8. The van der Waals surface area contributed by atoms with E-state index in [1.807, 2.05) is 12.2 Å². The lowest BCUT2D eigenvalue weighted by Gasteiger charge is -2.11. The number of rotatable bonds is 3. The maximum absolute atomic E-state index is 13.4. The highest BCUT2D eigenvalue weighted by molar-refractivity contribution is 9.10. The monoisotopic (exact) mass is 297 g/mol. The van der Waals surface area contributed by atoms with E-state index < -0.39 is 0 Å². The maximum Gasteiger partial charge on any atom is 0.224 e. The van der Waals surface area contributed by atoms with Gasteiger partial charge in [-0.15, -0.1) is 0 Å². The number of hydrogen-bond donors (Lipinski definition) is 1. The Balaban J connectivity index is 1.93. The number of halogens is 2. The third-order valence-electron chi connectivity index (χ3n) is 2.84. The van der Waals surface area contributed by atoms with Crippen LogP contribution in [0.15, 0.2) is 34.8 Å². The van der Waals surface area contributed by atoms with Gasteiger partial charge in [0, 0.05) is 22.5 Å². The van der Waals surface area contributed by atoms with E-state index in [0.29, 0.717) is 5.56 Å². The minimum atomic E-state index is -0.293. The number of hydrogen-bond acceptors (Lipinski definition) is 1. The predicted octanol–water partition coefficient (Wildman–Crippen LogP) is 3.17. The van der Waals surface area contributed by atoms with Crippen LogP contribution in [0.1, 0.15) is 18.4 Å². The Morgan fingerprint density at radius 2 is 2.12 bits per heavy atom. The van der Waals surface area contributed by atoms with Crippen molar-refractivity contribution in [1.29, 1.82) is 0 Å². The smallest absolute Gasteiger partial charge is 0.224 e. The molecule has 0 fully saturated rings. The lowest BCUT2D eigenvalue weighted by atomic mass is 10.1. The van der Waals surface area contributed by atoms with Crippen molar-refractivity contribution in [2.75, 3.05) is 0 Å². The van der Waals surface area contributed by atoms with E-state index in [9.17, 15) is 9.18 Å². The Morgan fingerprint density at radius 1 is 1.41 bits per heavy atom. The van der Waals surface area contributed by atoms with Gasteiger partial charge in [0.05, 0.1) is 0 Å². The molecule has 0 aromatic heterocycles. The van der Waals surface area contributed by atoms with E-state index in [2.05, 4.69) is 21.2 Å². The molecule has 0 bridgehead atoms.